The number of aryl methyl sites for hydroxylation is 2. The molecule has 2 aromatic heterocycles. The van der Waals surface area contributed by atoms with Crippen LogP contribution >= 0.6 is 11.3 Å². The van der Waals surface area contributed by atoms with Crippen LogP contribution in [-0.2, 0) is 16.4 Å². The van der Waals surface area contributed by atoms with E-state index in [1.165, 1.54) is 17.5 Å². The lowest BCUT2D eigenvalue weighted by atomic mass is 10.4. The van der Waals surface area contributed by atoms with Gasteiger partial charge in [-0.05, 0) is 13.8 Å². The molecule has 8 heteroatoms. The summed E-state index contributed by atoms with van der Waals surface area (Å²) in [5.41, 5.74) is 1.50. The van der Waals surface area contributed by atoms with Crippen LogP contribution in [0.15, 0.2) is 16.5 Å². The highest BCUT2D eigenvalue weighted by Crippen LogP contribution is 2.12. The molecule has 0 unspecified atom stereocenters. The van der Waals surface area contributed by atoms with Crippen LogP contribution in [-0.4, -0.2) is 30.1 Å². The number of hydrogen-bond donors (Lipinski definition) is 2. The van der Waals surface area contributed by atoms with Crippen LogP contribution in [0.4, 0.5) is 0 Å². The minimum atomic E-state index is -3.48. The number of thiazole rings is 1. The zero-order chi connectivity index (χ0) is 13.2. The van der Waals surface area contributed by atoms with Crippen LogP contribution in [0.5, 0.6) is 0 Å². The molecule has 0 atom stereocenters. The Morgan fingerprint density at radius 2 is 2.22 bits per heavy atom. The first-order valence-electron chi connectivity index (χ1n) is 5.39. The van der Waals surface area contributed by atoms with Gasteiger partial charge in [0.05, 0.1) is 16.9 Å². The third-order valence-electron chi connectivity index (χ3n) is 2.37. The average molecular weight is 286 g/mol. The quantitative estimate of drug-likeness (QED) is 0.858. The lowest BCUT2D eigenvalue weighted by Crippen LogP contribution is -2.26. The molecule has 2 heterocycles. The Balaban J connectivity index is 1.96. The molecule has 2 aromatic rings. The molecule has 0 spiro atoms. The second-order valence-corrected chi connectivity index (χ2v) is 6.57. The first-order valence-corrected chi connectivity index (χ1v) is 7.76. The second-order valence-electron chi connectivity index (χ2n) is 3.89. The van der Waals surface area contributed by atoms with Gasteiger partial charge in [-0.3, -0.25) is 5.10 Å². The van der Waals surface area contributed by atoms with E-state index in [-0.39, 0.29) is 4.90 Å². The van der Waals surface area contributed by atoms with E-state index < -0.39 is 10.0 Å². The normalized spacial score (nSPS) is 11.9. The summed E-state index contributed by atoms with van der Waals surface area (Å²) in [6.45, 7) is 3.92. The van der Waals surface area contributed by atoms with Gasteiger partial charge in [-0.15, -0.1) is 11.3 Å². The molecule has 0 amide bonds. The minimum Gasteiger partial charge on any atom is -0.281 e. The summed E-state index contributed by atoms with van der Waals surface area (Å²) < 4.78 is 26.4. The van der Waals surface area contributed by atoms with Crippen LogP contribution in [0.3, 0.4) is 0 Å². The summed E-state index contributed by atoms with van der Waals surface area (Å²) >= 11 is 1.54. The summed E-state index contributed by atoms with van der Waals surface area (Å²) in [6, 6.07) is 0. The van der Waals surface area contributed by atoms with E-state index in [2.05, 4.69) is 19.9 Å². The maximum atomic E-state index is 11.9. The lowest BCUT2D eigenvalue weighted by Gasteiger charge is -2.04. The van der Waals surface area contributed by atoms with Crippen molar-refractivity contribution in [1.29, 1.82) is 0 Å². The third-order valence-corrected chi connectivity index (χ3v) is 4.97. The summed E-state index contributed by atoms with van der Waals surface area (Å²) in [5, 5.41) is 9.19. The van der Waals surface area contributed by atoms with E-state index >= 15 is 0 Å². The van der Waals surface area contributed by atoms with E-state index in [0.29, 0.717) is 18.7 Å². The van der Waals surface area contributed by atoms with Crippen LogP contribution in [0.1, 0.15) is 16.4 Å². The largest absolute Gasteiger partial charge is 0.281 e. The van der Waals surface area contributed by atoms with E-state index in [0.717, 1.165) is 10.7 Å². The fourth-order valence-corrected chi connectivity index (χ4v) is 3.44. The molecule has 0 aliphatic rings. The first kappa shape index (κ1) is 13.2. The standard InChI is InChI=1S/C10H14N4O2S2/c1-7-6-17-10(13-7)3-4-12-18(15,16)9-5-11-14-8(9)2/h5-6,12H,3-4H2,1-2H3,(H,11,14). The summed E-state index contributed by atoms with van der Waals surface area (Å²) in [7, 11) is -3.48. The average Bonchev–Trinajstić information content (AvgIpc) is 2.87. The molecule has 0 saturated carbocycles. The summed E-state index contributed by atoms with van der Waals surface area (Å²) in [6.07, 6.45) is 1.90. The number of hydrogen-bond acceptors (Lipinski definition) is 5. The highest BCUT2D eigenvalue weighted by Gasteiger charge is 2.17. The molecule has 6 nitrogen and oxygen atoms in total. The maximum absolute atomic E-state index is 11.9. The number of aromatic amines is 1. The summed E-state index contributed by atoms with van der Waals surface area (Å²) in [4.78, 5) is 4.47. The molecule has 0 aliphatic heterocycles. The summed E-state index contributed by atoms with van der Waals surface area (Å²) in [5.74, 6) is 0. The van der Waals surface area contributed by atoms with Crippen LogP contribution < -0.4 is 4.72 Å². The van der Waals surface area contributed by atoms with Gasteiger partial charge >= 0.3 is 0 Å². The van der Waals surface area contributed by atoms with E-state index in [1.54, 1.807) is 6.92 Å². The second kappa shape index (κ2) is 5.17. The van der Waals surface area contributed by atoms with Crippen LogP contribution in [0.25, 0.3) is 0 Å². The van der Waals surface area contributed by atoms with Crippen molar-refractivity contribution < 1.29 is 8.42 Å². The van der Waals surface area contributed by atoms with Gasteiger partial charge in [0, 0.05) is 24.0 Å². The van der Waals surface area contributed by atoms with E-state index in [4.69, 9.17) is 0 Å². The van der Waals surface area contributed by atoms with Crippen molar-refractivity contribution in [3.05, 3.63) is 28.0 Å². The minimum absolute atomic E-state index is 0.192. The monoisotopic (exact) mass is 286 g/mol. The third kappa shape index (κ3) is 2.95. The van der Waals surface area contributed by atoms with Gasteiger partial charge in [-0.1, -0.05) is 0 Å². The Labute approximate surface area is 110 Å². The molecule has 0 fully saturated rings. The number of nitrogens with one attached hydrogen (secondary N) is 2. The van der Waals surface area contributed by atoms with Gasteiger partial charge in [0.15, 0.2) is 0 Å². The highest BCUT2D eigenvalue weighted by atomic mass is 32.2. The topological polar surface area (TPSA) is 87.7 Å². The van der Waals surface area contributed by atoms with Gasteiger partial charge < -0.3 is 0 Å². The van der Waals surface area contributed by atoms with Crippen molar-refractivity contribution in [1.82, 2.24) is 19.9 Å². The fraction of sp³-hybridized carbons (Fsp3) is 0.400. The number of rotatable bonds is 5. The fourth-order valence-electron chi connectivity index (χ4n) is 1.50. The molecule has 0 radical (unpaired) electrons. The number of aromatic nitrogens is 3. The molecule has 0 bridgehead atoms. The van der Waals surface area contributed by atoms with E-state index in [1.807, 2.05) is 12.3 Å². The Morgan fingerprint density at radius 3 is 2.78 bits per heavy atom. The van der Waals surface area contributed by atoms with Crippen molar-refractivity contribution in [2.45, 2.75) is 25.2 Å². The van der Waals surface area contributed by atoms with Gasteiger partial charge in [0.2, 0.25) is 10.0 Å². The zero-order valence-electron chi connectivity index (χ0n) is 10.1. The van der Waals surface area contributed by atoms with Gasteiger partial charge in [0.1, 0.15) is 4.90 Å². The Bertz CT molecular complexity index is 630. The number of H-pyrrole nitrogens is 1. The molecular formula is C10H14N4O2S2. The predicted octanol–water partition coefficient (Wildman–Crippen LogP) is 1.00. The van der Waals surface area contributed by atoms with Crippen molar-refractivity contribution in [2.24, 2.45) is 0 Å². The van der Waals surface area contributed by atoms with Crippen molar-refractivity contribution in [3.8, 4) is 0 Å². The van der Waals surface area contributed by atoms with Crippen molar-refractivity contribution >= 4 is 21.4 Å². The molecule has 2 N–H and O–H groups in total. The SMILES string of the molecule is Cc1csc(CCNS(=O)(=O)c2cn[nH]c2C)n1. The molecule has 18 heavy (non-hydrogen) atoms. The van der Waals surface area contributed by atoms with Crippen molar-refractivity contribution in [2.75, 3.05) is 6.54 Å². The first-order chi connectivity index (χ1) is 8.49. The Kier molecular flexibility index (Phi) is 3.79. The van der Waals surface area contributed by atoms with Crippen LogP contribution in [0, 0.1) is 13.8 Å². The van der Waals surface area contributed by atoms with Gasteiger partial charge in [-0.2, -0.15) is 5.10 Å². The van der Waals surface area contributed by atoms with Gasteiger partial charge in [0.25, 0.3) is 0 Å². The smallest absolute Gasteiger partial charge is 0.243 e. The lowest BCUT2D eigenvalue weighted by molar-refractivity contribution is 0.581. The van der Waals surface area contributed by atoms with Crippen molar-refractivity contribution in [3.63, 3.8) is 0 Å². The van der Waals surface area contributed by atoms with Crippen LogP contribution in [0.2, 0.25) is 0 Å². The molecule has 0 aromatic carbocycles. The predicted molar refractivity (Wildman–Crippen MR) is 69.1 cm³/mol. The number of sulfonamides is 1. The number of nitrogens with zero attached hydrogens (tertiary/aromatic N) is 2. The zero-order valence-corrected chi connectivity index (χ0v) is 11.7. The molecule has 0 aliphatic carbocycles. The molecule has 98 valence electrons. The maximum Gasteiger partial charge on any atom is 0.243 e. The molecular weight excluding hydrogens is 272 g/mol. The molecule has 0 saturated heterocycles. The van der Waals surface area contributed by atoms with E-state index in [9.17, 15) is 8.42 Å². The Hall–Kier alpha value is -1.25. The van der Waals surface area contributed by atoms with Gasteiger partial charge in [-0.25, -0.2) is 18.1 Å². The molecule has 2 rings (SSSR count). The highest BCUT2D eigenvalue weighted by molar-refractivity contribution is 7.89. The Morgan fingerprint density at radius 1 is 1.44 bits per heavy atom.